The van der Waals surface area contributed by atoms with Crippen LogP contribution in [0.3, 0.4) is 0 Å². The van der Waals surface area contributed by atoms with E-state index in [1.807, 2.05) is 31.1 Å². The second-order valence-electron chi connectivity index (χ2n) is 9.04. The number of likely N-dealkylation sites (N-methyl/N-ethyl adjacent to an activating group) is 1. The Balaban J connectivity index is 2.50. The van der Waals surface area contributed by atoms with Crippen molar-refractivity contribution in [1.29, 1.82) is 0 Å². The first-order valence-corrected chi connectivity index (χ1v) is 13.0. The van der Waals surface area contributed by atoms with Crippen molar-refractivity contribution in [3.05, 3.63) is 23.8 Å². The lowest BCUT2D eigenvalue weighted by Gasteiger charge is -2.20. The van der Waals surface area contributed by atoms with Gasteiger partial charge >= 0.3 is 0 Å². The summed E-state index contributed by atoms with van der Waals surface area (Å²) in [6.07, 6.45) is 11.6. The third-order valence-electron chi connectivity index (χ3n) is 6.12. The van der Waals surface area contributed by atoms with E-state index in [2.05, 4.69) is 36.3 Å². The molecule has 188 valence electrons. The molecule has 0 aliphatic heterocycles. The number of benzene rings is 1. The van der Waals surface area contributed by atoms with E-state index < -0.39 is 0 Å². The topological polar surface area (TPSA) is 64.7 Å². The molecule has 0 heterocycles. The Morgan fingerprint density at radius 1 is 0.848 bits per heavy atom. The van der Waals surface area contributed by atoms with E-state index in [1.54, 1.807) is 6.07 Å². The first-order chi connectivity index (χ1) is 15.9. The number of hydrogen-bond acceptors (Lipinski definition) is 4. The molecule has 33 heavy (non-hydrogen) atoms. The third-order valence-corrected chi connectivity index (χ3v) is 6.12. The number of carbonyl (C=O) groups is 2. The molecule has 6 nitrogen and oxygen atoms in total. The minimum Gasteiger partial charge on any atom is -0.377 e. The SMILES string of the molecule is CCCCCCCCCCCC(=O)Nc1ccc(N(C)C)c(C(=O)NCCN(CC)CC)c1. The maximum atomic E-state index is 12.9. The summed E-state index contributed by atoms with van der Waals surface area (Å²) in [6, 6.07) is 5.56. The summed E-state index contributed by atoms with van der Waals surface area (Å²) >= 11 is 0. The van der Waals surface area contributed by atoms with Crippen molar-refractivity contribution >= 4 is 23.2 Å². The van der Waals surface area contributed by atoms with Gasteiger partial charge < -0.3 is 20.4 Å². The molecule has 0 aliphatic rings. The number of unbranched alkanes of at least 4 members (excludes halogenated alkanes) is 8. The quantitative estimate of drug-likeness (QED) is 0.277. The fourth-order valence-corrected chi connectivity index (χ4v) is 3.97. The van der Waals surface area contributed by atoms with Crippen LogP contribution in [0.1, 0.15) is 95.3 Å². The smallest absolute Gasteiger partial charge is 0.253 e. The van der Waals surface area contributed by atoms with E-state index >= 15 is 0 Å². The van der Waals surface area contributed by atoms with Gasteiger partial charge in [-0.2, -0.15) is 0 Å². The minimum atomic E-state index is -0.110. The lowest BCUT2D eigenvalue weighted by Crippen LogP contribution is -2.35. The van der Waals surface area contributed by atoms with Crippen LogP contribution < -0.4 is 15.5 Å². The summed E-state index contributed by atoms with van der Waals surface area (Å²) in [4.78, 5) is 29.5. The third kappa shape index (κ3) is 12.1. The average Bonchev–Trinajstić information content (AvgIpc) is 2.80. The van der Waals surface area contributed by atoms with E-state index in [1.165, 1.54) is 44.9 Å². The highest BCUT2D eigenvalue weighted by Crippen LogP contribution is 2.23. The molecule has 0 aliphatic carbocycles. The summed E-state index contributed by atoms with van der Waals surface area (Å²) < 4.78 is 0. The standard InChI is InChI=1S/C27H48N4O2/c1-6-9-10-11-12-13-14-15-16-17-26(32)29-23-18-19-25(30(4)5)24(22-23)27(33)28-20-21-31(7-2)8-3/h18-19,22H,6-17,20-21H2,1-5H3,(H,28,33)(H,29,32). The van der Waals surface area contributed by atoms with E-state index in [0.29, 0.717) is 24.2 Å². The predicted octanol–water partition coefficient (Wildman–Crippen LogP) is 5.68. The normalized spacial score (nSPS) is 11.0. The largest absolute Gasteiger partial charge is 0.377 e. The van der Waals surface area contributed by atoms with Gasteiger partial charge in [0.2, 0.25) is 5.91 Å². The van der Waals surface area contributed by atoms with Gasteiger partial charge in [0, 0.05) is 45.0 Å². The molecule has 0 bridgehead atoms. The molecule has 6 heteroatoms. The fourth-order valence-electron chi connectivity index (χ4n) is 3.97. The molecule has 0 radical (unpaired) electrons. The molecule has 2 N–H and O–H groups in total. The van der Waals surface area contributed by atoms with Crippen LogP contribution in [0.4, 0.5) is 11.4 Å². The molecule has 0 atom stereocenters. The number of nitrogens with zero attached hydrogens (tertiary/aromatic N) is 2. The first-order valence-electron chi connectivity index (χ1n) is 13.0. The lowest BCUT2D eigenvalue weighted by atomic mass is 10.1. The highest BCUT2D eigenvalue weighted by atomic mass is 16.2. The second-order valence-corrected chi connectivity index (χ2v) is 9.04. The van der Waals surface area contributed by atoms with Crippen LogP contribution in [0.5, 0.6) is 0 Å². The Hall–Kier alpha value is -2.08. The summed E-state index contributed by atoms with van der Waals surface area (Å²) in [5.74, 6) is -0.0932. The molecule has 1 rings (SSSR count). The Kier molecular flexibility index (Phi) is 15.3. The van der Waals surface area contributed by atoms with Crippen LogP contribution >= 0.6 is 0 Å². The van der Waals surface area contributed by atoms with Crippen molar-refractivity contribution in [2.75, 3.05) is 50.5 Å². The zero-order valence-electron chi connectivity index (χ0n) is 21.8. The lowest BCUT2D eigenvalue weighted by molar-refractivity contribution is -0.116. The van der Waals surface area contributed by atoms with Crippen LogP contribution in [0.25, 0.3) is 0 Å². The summed E-state index contributed by atoms with van der Waals surface area (Å²) in [5.41, 5.74) is 2.10. The van der Waals surface area contributed by atoms with E-state index in [9.17, 15) is 9.59 Å². The summed E-state index contributed by atoms with van der Waals surface area (Å²) in [5, 5.41) is 6.00. The van der Waals surface area contributed by atoms with Gasteiger partial charge in [0.1, 0.15) is 0 Å². The Morgan fingerprint density at radius 3 is 2.03 bits per heavy atom. The molecule has 0 saturated carbocycles. The molecular formula is C27H48N4O2. The van der Waals surface area contributed by atoms with Crippen LogP contribution in [0, 0.1) is 0 Å². The molecular weight excluding hydrogens is 412 g/mol. The highest BCUT2D eigenvalue weighted by Gasteiger charge is 2.15. The van der Waals surface area contributed by atoms with Crippen LogP contribution in [-0.4, -0.2) is 57.0 Å². The monoisotopic (exact) mass is 460 g/mol. The molecule has 0 saturated heterocycles. The average molecular weight is 461 g/mol. The molecule has 0 aromatic heterocycles. The molecule has 0 fully saturated rings. The van der Waals surface area contributed by atoms with Gasteiger partial charge in [0.15, 0.2) is 0 Å². The molecule has 2 amide bonds. The first kappa shape index (κ1) is 29.0. The van der Waals surface area contributed by atoms with Gasteiger partial charge in [-0.15, -0.1) is 0 Å². The number of nitrogens with one attached hydrogen (secondary N) is 2. The van der Waals surface area contributed by atoms with Crippen LogP contribution in [0.15, 0.2) is 18.2 Å². The highest BCUT2D eigenvalue weighted by molar-refractivity contribution is 6.02. The predicted molar refractivity (Wildman–Crippen MR) is 141 cm³/mol. The van der Waals surface area contributed by atoms with E-state index in [4.69, 9.17) is 0 Å². The van der Waals surface area contributed by atoms with Crippen molar-refractivity contribution in [3.63, 3.8) is 0 Å². The van der Waals surface area contributed by atoms with Crippen LogP contribution in [-0.2, 0) is 4.79 Å². The summed E-state index contributed by atoms with van der Waals surface area (Å²) in [6.45, 7) is 9.84. The molecule has 1 aromatic rings. The van der Waals surface area contributed by atoms with Gasteiger partial charge in [-0.05, 0) is 37.7 Å². The van der Waals surface area contributed by atoms with Gasteiger partial charge in [-0.1, -0.05) is 72.1 Å². The Labute approximate surface area is 202 Å². The molecule has 0 unspecified atom stereocenters. The molecule has 0 spiro atoms. The number of rotatable bonds is 18. The van der Waals surface area contributed by atoms with Crippen molar-refractivity contribution in [2.45, 2.75) is 85.0 Å². The maximum absolute atomic E-state index is 12.9. The van der Waals surface area contributed by atoms with Crippen molar-refractivity contribution in [3.8, 4) is 0 Å². The number of carbonyl (C=O) groups excluding carboxylic acids is 2. The van der Waals surface area contributed by atoms with Gasteiger partial charge in [-0.25, -0.2) is 0 Å². The zero-order chi connectivity index (χ0) is 24.5. The van der Waals surface area contributed by atoms with Gasteiger partial charge in [0.05, 0.1) is 5.56 Å². The number of anilines is 2. The van der Waals surface area contributed by atoms with Crippen molar-refractivity contribution in [2.24, 2.45) is 0 Å². The number of amides is 2. The van der Waals surface area contributed by atoms with Crippen molar-refractivity contribution < 1.29 is 9.59 Å². The fraction of sp³-hybridized carbons (Fsp3) is 0.704. The molecule has 1 aromatic carbocycles. The Bertz CT molecular complexity index is 687. The maximum Gasteiger partial charge on any atom is 0.253 e. The van der Waals surface area contributed by atoms with E-state index in [0.717, 1.165) is 38.2 Å². The van der Waals surface area contributed by atoms with Crippen molar-refractivity contribution in [1.82, 2.24) is 10.2 Å². The zero-order valence-corrected chi connectivity index (χ0v) is 21.8. The van der Waals surface area contributed by atoms with E-state index in [-0.39, 0.29) is 11.8 Å². The van der Waals surface area contributed by atoms with Crippen LogP contribution in [0.2, 0.25) is 0 Å². The Morgan fingerprint density at radius 2 is 1.45 bits per heavy atom. The van der Waals surface area contributed by atoms with Gasteiger partial charge in [0.25, 0.3) is 5.91 Å². The second kappa shape index (κ2) is 17.4. The van der Waals surface area contributed by atoms with Gasteiger partial charge in [-0.3, -0.25) is 9.59 Å². The summed E-state index contributed by atoms with van der Waals surface area (Å²) in [7, 11) is 3.84. The number of hydrogen-bond donors (Lipinski definition) is 2. The minimum absolute atomic E-state index is 0.0171.